The Kier molecular flexibility index (Phi) is 3.56. The van der Waals surface area contributed by atoms with Crippen molar-refractivity contribution in [1.82, 2.24) is 5.06 Å². The predicted molar refractivity (Wildman–Crippen MR) is 36.5 cm³/mol. The van der Waals surface area contributed by atoms with Crippen molar-refractivity contribution in [1.29, 1.82) is 0 Å². The van der Waals surface area contributed by atoms with Gasteiger partial charge in [0.1, 0.15) is 0 Å². The topological polar surface area (TPSA) is 132 Å². The normalized spacial score (nSPS) is 13.7. The molecule has 0 heterocycles. The second-order valence-electron chi connectivity index (χ2n) is 1.93. The van der Waals surface area contributed by atoms with Gasteiger partial charge in [-0.15, -0.1) is 0 Å². The predicted octanol–water partition coefficient (Wildman–Crippen LogP) is -1.63. The van der Waals surface area contributed by atoms with Gasteiger partial charge in [-0.05, 0) is 0 Å². The van der Waals surface area contributed by atoms with Crippen molar-refractivity contribution in [2.45, 2.75) is 0 Å². The fourth-order valence-electron chi connectivity index (χ4n) is 0.414. The number of hydroxylamine groups is 2. The van der Waals surface area contributed by atoms with Gasteiger partial charge in [0.05, 0.1) is 0 Å². The summed E-state index contributed by atoms with van der Waals surface area (Å²) >= 11 is 0. The van der Waals surface area contributed by atoms with E-state index in [1.54, 1.807) is 0 Å². The summed E-state index contributed by atoms with van der Waals surface area (Å²) in [6.45, 7) is 0. The number of rotatable bonds is 4. The van der Waals surface area contributed by atoms with E-state index in [0.29, 0.717) is 0 Å². The lowest BCUT2D eigenvalue weighted by molar-refractivity contribution is -0.0577. The molecule has 0 fully saturated rings. The molecule has 74 valence electrons. The molecule has 0 aliphatic heterocycles. The van der Waals surface area contributed by atoms with Gasteiger partial charge >= 0.3 is 0 Å². The smallest absolute Gasteiger partial charge is 0.280 e. The minimum atomic E-state index is -4.50. The number of nitrogens with zero attached hydrogens (tertiary/aromatic N) is 1. The quantitative estimate of drug-likeness (QED) is 0.380. The summed E-state index contributed by atoms with van der Waals surface area (Å²) in [6.07, 6.45) is 0. The van der Waals surface area contributed by atoms with Crippen LogP contribution in [0, 0.1) is 0 Å². The Bertz CT molecular complexity index is 292. The van der Waals surface area contributed by atoms with Gasteiger partial charge in [0, 0.05) is 0 Å². The first-order chi connectivity index (χ1) is 5.10. The van der Waals surface area contributed by atoms with Crippen LogP contribution in [0.4, 0.5) is 0 Å². The third-order valence-electron chi connectivity index (χ3n) is 0.624. The summed E-state index contributed by atoms with van der Waals surface area (Å²) in [5.41, 5.74) is 0. The highest BCUT2D eigenvalue weighted by Gasteiger charge is 2.16. The molecule has 0 bridgehead atoms. The van der Waals surface area contributed by atoms with Crippen LogP contribution in [0.25, 0.3) is 0 Å². The Labute approximate surface area is 68.9 Å². The van der Waals surface area contributed by atoms with Crippen LogP contribution in [0.5, 0.6) is 0 Å². The summed E-state index contributed by atoms with van der Waals surface area (Å²) in [7, 11) is -8.99. The fourth-order valence-corrected chi connectivity index (χ4v) is 1.47. The van der Waals surface area contributed by atoms with E-state index >= 15 is 0 Å². The summed E-state index contributed by atoms with van der Waals surface area (Å²) in [5.74, 6) is -2.57. The molecular formula is C2H7NO7S2. The van der Waals surface area contributed by atoms with E-state index in [-0.39, 0.29) is 5.06 Å². The van der Waals surface area contributed by atoms with Crippen LogP contribution < -0.4 is 0 Å². The average molecular weight is 221 g/mol. The van der Waals surface area contributed by atoms with Crippen LogP contribution in [-0.2, 0) is 20.2 Å². The standard InChI is InChI=1S/C2H7NO7S2/c4-3(1-11(5,6)7)2-12(8,9)10/h4H,1-2H2,(H,5,6,7)(H,8,9,10). The van der Waals surface area contributed by atoms with Crippen LogP contribution in [0.3, 0.4) is 0 Å². The zero-order valence-corrected chi connectivity index (χ0v) is 7.29. The van der Waals surface area contributed by atoms with Crippen LogP contribution >= 0.6 is 0 Å². The maximum absolute atomic E-state index is 10.0. The van der Waals surface area contributed by atoms with Crippen molar-refractivity contribution in [3.05, 3.63) is 0 Å². The minimum absolute atomic E-state index is 0.259. The lowest BCUT2D eigenvalue weighted by Gasteiger charge is -2.09. The summed E-state index contributed by atoms with van der Waals surface area (Å²) in [4.78, 5) is 0. The molecule has 3 N–H and O–H groups in total. The summed E-state index contributed by atoms with van der Waals surface area (Å²) in [5, 5.41) is 8.22. The Hall–Kier alpha value is -0.260. The van der Waals surface area contributed by atoms with Crippen molar-refractivity contribution < 1.29 is 31.1 Å². The zero-order chi connectivity index (χ0) is 9.99. The molecule has 0 rings (SSSR count). The van der Waals surface area contributed by atoms with Crippen molar-refractivity contribution in [3.63, 3.8) is 0 Å². The van der Waals surface area contributed by atoms with Crippen LogP contribution in [0.2, 0.25) is 0 Å². The third kappa shape index (κ3) is 7.84. The van der Waals surface area contributed by atoms with Gasteiger partial charge in [-0.2, -0.15) is 21.9 Å². The monoisotopic (exact) mass is 221 g/mol. The SMILES string of the molecule is O=S(=O)(O)CN(O)CS(=O)(=O)O. The zero-order valence-electron chi connectivity index (χ0n) is 5.65. The molecule has 0 aliphatic rings. The van der Waals surface area contributed by atoms with E-state index in [1.165, 1.54) is 0 Å². The van der Waals surface area contributed by atoms with Gasteiger partial charge in [-0.25, -0.2) is 0 Å². The van der Waals surface area contributed by atoms with E-state index in [1.807, 2.05) is 0 Å². The van der Waals surface area contributed by atoms with Gasteiger partial charge in [-0.3, -0.25) is 9.11 Å². The summed E-state index contributed by atoms with van der Waals surface area (Å²) in [6, 6.07) is 0. The molecule has 0 saturated heterocycles. The first-order valence-corrected chi connectivity index (χ1v) is 5.66. The highest BCUT2D eigenvalue weighted by molar-refractivity contribution is 7.86. The minimum Gasteiger partial charge on any atom is -0.312 e. The fraction of sp³-hybridized carbons (Fsp3) is 1.00. The number of hydrogen-bond donors (Lipinski definition) is 3. The van der Waals surface area contributed by atoms with Gasteiger partial charge in [0.25, 0.3) is 20.2 Å². The highest BCUT2D eigenvalue weighted by atomic mass is 32.2. The van der Waals surface area contributed by atoms with E-state index in [0.717, 1.165) is 0 Å². The molecule has 0 unspecified atom stereocenters. The van der Waals surface area contributed by atoms with Crippen molar-refractivity contribution >= 4 is 20.2 Å². The molecule has 0 saturated carbocycles. The van der Waals surface area contributed by atoms with Crippen molar-refractivity contribution in [2.75, 3.05) is 11.8 Å². The molecule has 0 amide bonds. The van der Waals surface area contributed by atoms with E-state index in [9.17, 15) is 16.8 Å². The Balaban J connectivity index is 4.19. The third-order valence-corrected chi connectivity index (χ3v) is 1.87. The van der Waals surface area contributed by atoms with E-state index < -0.39 is 32.0 Å². The molecule has 0 atom stereocenters. The molecule has 0 aromatic rings. The van der Waals surface area contributed by atoms with Gasteiger partial charge < -0.3 is 5.21 Å². The largest absolute Gasteiger partial charge is 0.312 e. The number of hydrogen-bond acceptors (Lipinski definition) is 6. The van der Waals surface area contributed by atoms with Crippen molar-refractivity contribution in [2.24, 2.45) is 0 Å². The maximum Gasteiger partial charge on any atom is 0.280 e. The molecule has 0 aliphatic carbocycles. The Morgan fingerprint density at radius 1 is 0.917 bits per heavy atom. The molecule has 0 radical (unpaired) electrons. The maximum atomic E-state index is 10.0. The highest BCUT2D eigenvalue weighted by Crippen LogP contribution is 1.92. The molecular weight excluding hydrogens is 214 g/mol. The lowest BCUT2D eigenvalue weighted by Crippen LogP contribution is -2.31. The molecule has 0 aromatic heterocycles. The van der Waals surface area contributed by atoms with E-state index in [4.69, 9.17) is 14.3 Å². The van der Waals surface area contributed by atoms with Gasteiger partial charge in [-0.1, -0.05) is 0 Å². The molecule has 12 heavy (non-hydrogen) atoms. The Morgan fingerprint density at radius 3 is 1.33 bits per heavy atom. The average Bonchev–Trinajstić information content (AvgIpc) is 1.49. The van der Waals surface area contributed by atoms with Gasteiger partial charge in [0.2, 0.25) is 0 Å². The summed E-state index contributed by atoms with van der Waals surface area (Å²) < 4.78 is 56.2. The molecule has 0 aromatic carbocycles. The molecule has 10 heteroatoms. The first kappa shape index (κ1) is 11.7. The van der Waals surface area contributed by atoms with E-state index in [2.05, 4.69) is 0 Å². The van der Waals surface area contributed by atoms with Gasteiger partial charge in [0.15, 0.2) is 11.8 Å². The van der Waals surface area contributed by atoms with Crippen LogP contribution in [0.15, 0.2) is 0 Å². The van der Waals surface area contributed by atoms with Crippen LogP contribution in [-0.4, -0.2) is 48.0 Å². The van der Waals surface area contributed by atoms with Crippen LogP contribution in [0.1, 0.15) is 0 Å². The molecule has 0 spiro atoms. The van der Waals surface area contributed by atoms with Crippen molar-refractivity contribution in [3.8, 4) is 0 Å². The molecule has 8 nitrogen and oxygen atoms in total. The Morgan fingerprint density at radius 2 is 1.17 bits per heavy atom. The second-order valence-corrected chi connectivity index (χ2v) is 4.77. The second kappa shape index (κ2) is 3.64. The lowest BCUT2D eigenvalue weighted by atomic mass is 11.2. The first-order valence-electron chi connectivity index (χ1n) is 2.44.